The van der Waals surface area contributed by atoms with E-state index in [2.05, 4.69) is 36.5 Å². The molecule has 0 fully saturated rings. The lowest BCUT2D eigenvalue weighted by atomic mass is 9.94. The summed E-state index contributed by atoms with van der Waals surface area (Å²) in [5.74, 6) is 0.600. The summed E-state index contributed by atoms with van der Waals surface area (Å²) >= 11 is 0. The van der Waals surface area contributed by atoms with E-state index in [0.717, 1.165) is 18.4 Å². The van der Waals surface area contributed by atoms with Gasteiger partial charge in [-0.2, -0.15) is 0 Å². The Morgan fingerprint density at radius 3 is 2.00 bits per heavy atom. The lowest BCUT2D eigenvalue weighted by Crippen LogP contribution is -2.09. The van der Waals surface area contributed by atoms with E-state index >= 15 is 0 Å². The lowest BCUT2D eigenvalue weighted by Gasteiger charge is -2.14. The van der Waals surface area contributed by atoms with Gasteiger partial charge in [0, 0.05) is 6.08 Å². The summed E-state index contributed by atoms with van der Waals surface area (Å²) in [7, 11) is 2.74. The van der Waals surface area contributed by atoms with Crippen LogP contribution < -0.4 is 0 Å². The third kappa shape index (κ3) is 12.4. The molecule has 0 aliphatic rings. The Bertz CT molecular complexity index is 349. The molecule has 0 aliphatic heterocycles. The molecule has 0 aromatic carbocycles. The molecule has 0 radical (unpaired) electrons. The SMILES string of the molecule is C=C(/C=C(/F)C(=C)OC)OC.CCC(C)CCC(C)C(C)F. The molecule has 3 atom stereocenters. The van der Waals surface area contributed by atoms with E-state index < -0.39 is 12.0 Å². The van der Waals surface area contributed by atoms with Crippen molar-refractivity contribution >= 4 is 0 Å². The topological polar surface area (TPSA) is 18.5 Å². The summed E-state index contributed by atoms with van der Waals surface area (Å²) in [4.78, 5) is 0. The summed E-state index contributed by atoms with van der Waals surface area (Å²) in [6, 6.07) is 0. The van der Waals surface area contributed by atoms with Gasteiger partial charge in [-0.15, -0.1) is 0 Å². The molecule has 0 aliphatic carbocycles. The summed E-state index contributed by atoms with van der Waals surface area (Å²) < 4.78 is 34.5. The normalized spacial score (nSPS) is 15.0. The van der Waals surface area contributed by atoms with Gasteiger partial charge in [0.05, 0.1) is 20.4 Å². The maximum absolute atomic E-state index is 12.7. The second-order valence-electron chi connectivity index (χ2n) is 5.54. The largest absolute Gasteiger partial charge is 0.497 e. The second kappa shape index (κ2) is 13.4. The Labute approximate surface area is 134 Å². The minimum atomic E-state index is -0.640. The third-order valence-electron chi connectivity index (χ3n) is 3.66. The van der Waals surface area contributed by atoms with Crippen molar-refractivity contribution in [2.24, 2.45) is 11.8 Å². The van der Waals surface area contributed by atoms with Crippen LogP contribution in [0, 0.1) is 11.8 Å². The number of rotatable bonds is 9. The highest BCUT2D eigenvalue weighted by atomic mass is 19.1. The Morgan fingerprint density at radius 2 is 1.64 bits per heavy atom. The van der Waals surface area contributed by atoms with Crippen molar-refractivity contribution < 1.29 is 18.3 Å². The fourth-order valence-corrected chi connectivity index (χ4v) is 1.36. The van der Waals surface area contributed by atoms with E-state index in [1.165, 1.54) is 27.1 Å². The smallest absolute Gasteiger partial charge is 0.168 e. The predicted octanol–water partition coefficient (Wildman–Crippen LogP) is 5.97. The second-order valence-corrected chi connectivity index (χ2v) is 5.54. The predicted molar refractivity (Wildman–Crippen MR) is 89.9 cm³/mol. The number of alkyl halides is 1. The van der Waals surface area contributed by atoms with E-state index in [1.54, 1.807) is 6.92 Å². The van der Waals surface area contributed by atoms with Gasteiger partial charge in [-0.25, -0.2) is 8.78 Å². The van der Waals surface area contributed by atoms with Crippen LogP contribution in [0.15, 0.2) is 36.6 Å². The van der Waals surface area contributed by atoms with Crippen LogP contribution in [0.4, 0.5) is 8.78 Å². The van der Waals surface area contributed by atoms with Crippen LogP contribution in [0.2, 0.25) is 0 Å². The van der Waals surface area contributed by atoms with Gasteiger partial charge < -0.3 is 9.47 Å². The molecule has 0 rings (SSSR count). The van der Waals surface area contributed by atoms with E-state index in [1.807, 2.05) is 6.92 Å². The Kier molecular flexibility index (Phi) is 13.9. The highest BCUT2D eigenvalue weighted by molar-refractivity contribution is 5.23. The van der Waals surface area contributed by atoms with E-state index in [4.69, 9.17) is 0 Å². The molecule has 0 heterocycles. The molecule has 0 amide bonds. The molecule has 4 heteroatoms. The number of ether oxygens (including phenoxy) is 2. The summed E-state index contributed by atoms with van der Waals surface area (Å²) in [5, 5.41) is 0. The molecule has 0 spiro atoms. The fraction of sp³-hybridized carbons (Fsp3) is 0.667. The maximum Gasteiger partial charge on any atom is 0.168 e. The van der Waals surface area contributed by atoms with Crippen molar-refractivity contribution in [1.82, 2.24) is 0 Å². The van der Waals surface area contributed by atoms with Crippen LogP contribution in [-0.4, -0.2) is 20.4 Å². The van der Waals surface area contributed by atoms with Crippen molar-refractivity contribution in [3.05, 3.63) is 36.6 Å². The van der Waals surface area contributed by atoms with Gasteiger partial charge in [0.1, 0.15) is 11.5 Å². The van der Waals surface area contributed by atoms with Gasteiger partial charge in [0.15, 0.2) is 5.83 Å². The zero-order valence-electron chi connectivity index (χ0n) is 14.9. The van der Waals surface area contributed by atoms with Gasteiger partial charge in [0.2, 0.25) is 0 Å². The molecule has 0 aromatic heterocycles. The minimum Gasteiger partial charge on any atom is -0.497 e. The number of allylic oxidation sites excluding steroid dienone is 2. The molecular formula is C18H32F2O2. The molecule has 2 nitrogen and oxygen atoms in total. The first-order valence-electron chi connectivity index (χ1n) is 7.66. The lowest BCUT2D eigenvalue weighted by molar-refractivity contribution is 0.240. The number of hydrogen-bond acceptors (Lipinski definition) is 2. The Morgan fingerprint density at radius 1 is 1.09 bits per heavy atom. The van der Waals surface area contributed by atoms with Crippen molar-refractivity contribution in [2.75, 3.05) is 14.2 Å². The summed E-state index contributed by atoms with van der Waals surface area (Å²) in [6.45, 7) is 14.8. The van der Waals surface area contributed by atoms with Crippen molar-refractivity contribution in [1.29, 1.82) is 0 Å². The first-order valence-corrected chi connectivity index (χ1v) is 7.66. The van der Waals surface area contributed by atoms with Crippen LogP contribution >= 0.6 is 0 Å². The molecule has 3 unspecified atom stereocenters. The number of hydrogen-bond donors (Lipinski definition) is 0. The summed E-state index contributed by atoms with van der Waals surface area (Å²) in [5.41, 5.74) is 0. The Balaban J connectivity index is 0. The molecule has 0 saturated carbocycles. The van der Waals surface area contributed by atoms with Crippen molar-refractivity contribution in [2.45, 2.75) is 53.1 Å². The fourth-order valence-electron chi connectivity index (χ4n) is 1.36. The Hall–Kier alpha value is -1.32. The third-order valence-corrected chi connectivity index (χ3v) is 3.66. The average Bonchev–Trinajstić information content (AvgIpc) is 2.51. The zero-order valence-corrected chi connectivity index (χ0v) is 14.9. The molecular weight excluding hydrogens is 286 g/mol. The maximum atomic E-state index is 12.7. The van der Waals surface area contributed by atoms with Crippen LogP contribution in [0.1, 0.15) is 47.0 Å². The van der Waals surface area contributed by atoms with Crippen LogP contribution in [0.25, 0.3) is 0 Å². The molecule has 130 valence electrons. The molecule has 0 aromatic rings. The van der Waals surface area contributed by atoms with Gasteiger partial charge in [-0.3, -0.25) is 0 Å². The molecule has 0 bridgehead atoms. The standard InChI is InChI=1S/C10H21F.C8H11FO2/c1-5-8(2)6-7-9(3)10(4)11;1-6(10-3)5-8(9)7(2)11-4/h8-10H,5-7H2,1-4H3;5H,1-2H2,3-4H3/b;8-5+. The van der Waals surface area contributed by atoms with Crippen LogP contribution in [0.5, 0.6) is 0 Å². The highest BCUT2D eigenvalue weighted by Gasteiger charge is 2.11. The van der Waals surface area contributed by atoms with Gasteiger partial charge in [0.25, 0.3) is 0 Å². The van der Waals surface area contributed by atoms with Gasteiger partial charge >= 0.3 is 0 Å². The van der Waals surface area contributed by atoms with E-state index in [0.29, 0.717) is 0 Å². The number of methoxy groups -OCH3 is 2. The first-order chi connectivity index (χ1) is 10.2. The van der Waals surface area contributed by atoms with Crippen LogP contribution in [0.3, 0.4) is 0 Å². The van der Waals surface area contributed by atoms with E-state index in [9.17, 15) is 8.78 Å². The van der Waals surface area contributed by atoms with Gasteiger partial charge in [-0.1, -0.05) is 46.8 Å². The minimum absolute atomic E-state index is 0.0387. The van der Waals surface area contributed by atoms with E-state index in [-0.39, 0.29) is 17.4 Å². The monoisotopic (exact) mass is 318 g/mol. The summed E-state index contributed by atoms with van der Waals surface area (Å²) in [6.07, 6.45) is 3.89. The van der Waals surface area contributed by atoms with Crippen molar-refractivity contribution in [3.8, 4) is 0 Å². The molecule has 0 N–H and O–H groups in total. The van der Waals surface area contributed by atoms with Crippen LogP contribution in [-0.2, 0) is 9.47 Å². The molecule has 22 heavy (non-hydrogen) atoms. The average molecular weight is 318 g/mol. The highest BCUT2D eigenvalue weighted by Crippen LogP contribution is 2.18. The first kappa shape index (κ1) is 23.0. The number of halogens is 2. The molecule has 0 saturated heterocycles. The zero-order chi connectivity index (χ0) is 17.7. The van der Waals surface area contributed by atoms with Crippen molar-refractivity contribution in [3.63, 3.8) is 0 Å². The van der Waals surface area contributed by atoms with Gasteiger partial charge in [-0.05, 0) is 25.2 Å². The quantitative estimate of drug-likeness (QED) is 0.385.